The van der Waals surface area contributed by atoms with Crippen molar-refractivity contribution in [3.63, 3.8) is 0 Å². The number of nitrogens with zero attached hydrogens (tertiary/aromatic N) is 2. The number of hydrogen-bond acceptors (Lipinski definition) is 6. The van der Waals surface area contributed by atoms with Gasteiger partial charge in [0.25, 0.3) is 0 Å². The number of ether oxygens (including phenoxy) is 2. The minimum atomic E-state index is -0.168. The smallest absolute Gasteiger partial charge is 0.306 e. The summed E-state index contributed by atoms with van der Waals surface area (Å²) < 4.78 is 10.0. The lowest BCUT2D eigenvalue weighted by Gasteiger charge is -2.23. The van der Waals surface area contributed by atoms with Crippen LogP contribution < -0.4 is 4.90 Å². The van der Waals surface area contributed by atoms with Gasteiger partial charge in [-0.1, -0.05) is 0 Å². The first-order valence-electron chi connectivity index (χ1n) is 6.40. The Morgan fingerprint density at radius 1 is 1.58 bits per heavy atom. The van der Waals surface area contributed by atoms with Crippen LogP contribution in [0, 0.1) is 0 Å². The van der Waals surface area contributed by atoms with Crippen LogP contribution in [0.1, 0.15) is 26.0 Å². The molecule has 1 atom stereocenters. The van der Waals surface area contributed by atoms with Gasteiger partial charge in [-0.05, 0) is 13.8 Å². The summed E-state index contributed by atoms with van der Waals surface area (Å²) in [4.78, 5) is 17.9. The maximum atomic E-state index is 11.3. The Bertz CT molecular complexity index is 395. The average molecular weight is 286 g/mol. The van der Waals surface area contributed by atoms with Crippen LogP contribution in [0.4, 0.5) is 5.13 Å². The molecule has 0 radical (unpaired) electrons. The van der Waals surface area contributed by atoms with Gasteiger partial charge in [0, 0.05) is 26.0 Å². The summed E-state index contributed by atoms with van der Waals surface area (Å²) in [5.74, 6) is -0.168. The Balaban J connectivity index is 2.50. The van der Waals surface area contributed by atoms with Crippen molar-refractivity contribution >= 4 is 22.4 Å². The molecule has 0 saturated carbocycles. The molecule has 19 heavy (non-hydrogen) atoms. The Kier molecular flexibility index (Phi) is 6.80. The number of likely N-dealkylation sites (N-methyl/N-ethyl adjacent to an activating group) is 1. The fourth-order valence-electron chi connectivity index (χ4n) is 1.58. The van der Waals surface area contributed by atoms with Gasteiger partial charge < -0.3 is 14.4 Å². The first kappa shape index (κ1) is 15.9. The molecule has 6 heteroatoms. The minimum Gasteiger partial charge on any atom is -0.466 e. The summed E-state index contributed by atoms with van der Waals surface area (Å²) in [7, 11) is 3.69. The molecule has 0 saturated heterocycles. The molecule has 0 fully saturated rings. The number of rotatable bonds is 8. The van der Waals surface area contributed by atoms with E-state index in [1.54, 1.807) is 18.4 Å². The van der Waals surface area contributed by atoms with Crippen LogP contribution in [0.5, 0.6) is 0 Å². The van der Waals surface area contributed by atoms with E-state index in [0.29, 0.717) is 26.1 Å². The minimum absolute atomic E-state index is 0.168. The third-order valence-corrected chi connectivity index (χ3v) is 3.78. The SMILES string of the molecule is CCOC(=O)CCc1csc(N(C)C(C)COC)n1. The monoisotopic (exact) mass is 286 g/mol. The van der Waals surface area contributed by atoms with E-state index in [1.165, 1.54) is 0 Å². The average Bonchev–Trinajstić information content (AvgIpc) is 2.85. The number of carbonyl (C=O) groups is 1. The van der Waals surface area contributed by atoms with Gasteiger partial charge in [-0.15, -0.1) is 11.3 Å². The van der Waals surface area contributed by atoms with Crippen molar-refractivity contribution in [1.29, 1.82) is 0 Å². The van der Waals surface area contributed by atoms with Crippen molar-refractivity contribution in [3.8, 4) is 0 Å². The number of anilines is 1. The van der Waals surface area contributed by atoms with Crippen LogP contribution in [0.15, 0.2) is 5.38 Å². The number of esters is 1. The highest BCUT2D eigenvalue weighted by atomic mass is 32.1. The molecular formula is C13H22N2O3S. The van der Waals surface area contributed by atoms with E-state index < -0.39 is 0 Å². The first-order valence-corrected chi connectivity index (χ1v) is 7.28. The van der Waals surface area contributed by atoms with E-state index in [-0.39, 0.29) is 12.0 Å². The first-order chi connectivity index (χ1) is 9.08. The lowest BCUT2D eigenvalue weighted by molar-refractivity contribution is -0.143. The molecule has 108 valence electrons. The van der Waals surface area contributed by atoms with Gasteiger partial charge in [-0.25, -0.2) is 4.98 Å². The third kappa shape index (κ3) is 5.16. The number of hydrogen-bond donors (Lipinski definition) is 0. The van der Waals surface area contributed by atoms with Crippen LogP contribution in [0.3, 0.4) is 0 Å². The molecule has 0 spiro atoms. The standard InChI is InChI=1S/C13H22N2O3S/c1-5-18-12(16)7-6-11-9-19-13(14-11)15(3)10(2)8-17-4/h9-10H,5-8H2,1-4H3. The molecule has 0 aliphatic heterocycles. The van der Waals surface area contributed by atoms with E-state index in [1.807, 2.05) is 19.4 Å². The predicted molar refractivity (Wildman–Crippen MR) is 76.8 cm³/mol. The Hall–Kier alpha value is -1.14. The highest BCUT2D eigenvalue weighted by molar-refractivity contribution is 7.13. The zero-order chi connectivity index (χ0) is 14.3. The van der Waals surface area contributed by atoms with Crippen molar-refractivity contribution in [2.24, 2.45) is 0 Å². The van der Waals surface area contributed by atoms with Gasteiger partial charge >= 0.3 is 5.97 Å². The van der Waals surface area contributed by atoms with Crippen LogP contribution >= 0.6 is 11.3 Å². The van der Waals surface area contributed by atoms with Gasteiger partial charge in [-0.3, -0.25) is 4.79 Å². The Morgan fingerprint density at radius 2 is 2.32 bits per heavy atom. The fourth-order valence-corrected chi connectivity index (χ4v) is 2.51. The summed E-state index contributed by atoms with van der Waals surface area (Å²) in [6.07, 6.45) is 1.01. The van der Waals surface area contributed by atoms with Gasteiger partial charge in [0.1, 0.15) is 0 Å². The van der Waals surface area contributed by atoms with Crippen molar-refractivity contribution in [2.45, 2.75) is 32.7 Å². The van der Waals surface area contributed by atoms with Crippen molar-refractivity contribution in [2.75, 3.05) is 32.3 Å². The molecule has 0 amide bonds. The lowest BCUT2D eigenvalue weighted by atomic mass is 10.2. The normalized spacial score (nSPS) is 12.2. The molecule has 1 rings (SSSR count). The summed E-state index contributed by atoms with van der Waals surface area (Å²) >= 11 is 1.58. The van der Waals surface area contributed by atoms with Gasteiger partial charge in [0.05, 0.1) is 31.4 Å². The Morgan fingerprint density at radius 3 is 2.95 bits per heavy atom. The molecule has 1 heterocycles. The molecule has 1 aromatic heterocycles. The molecule has 1 aromatic rings. The molecule has 0 aromatic carbocycles. The van der Waals surface area contributed by atoms with E-state index in [4.69, 9.17) is 9.47 Å². The number of aromatic nitrogens is 1. The number of thiazole rings is 1. The molecule has 0 aliphatic carbocycles. The molecular weight excluding hydrogens is 264 g/mol. The number of aryl methyl sites for hydroxylation is 1. The molecule has 0 bridgehead atoms. The van der Waals surface area contributed by atoms with Crippen molar-refractivity contribution in [1.82, 2.24) is 4.98 Å². The molecule has 5 nitrogen and oxygen atoms in total. The lowest BCUT2D eigenvalue weighted by Crippen LogP contribution is -2.32. The largest absolute Gasteiger partial charge is 0.466 e. The predicted octanol–water partition coefficient (Wildman–Crippen LogP) is 2.11. The van der Waals surface area contributed by atoms with Crippen LogP contribution in [-0.2, 0) is 20.7 Å². The summed E-state index contributed by atoms with van der Waals surface area (Å²) in [5, 5.41) is 2.94. The van der Waals surface area contributed by atoms with Crippen LogP contribution in [0.25, 0.3) is 0 Å². The molecule has 0 N–H and O–H groups in total. The summed E-state index contributed by atoms with van der Waals surface area (Å²) in [6, 6.07) is 0.272. The van der Waals surface area contributed by atoms with Crippen LogP contribution in [-0.4, -0.2) is 44.4 Å². The van der Waals surface area contributed by atoms with Crippen molar-refractivity contribution in [3.05, 3.63) is 11.1 Å². The molecule has 1 unspecified atom stereocenters. The fraction of sp³-hybridized carbons (Fsp3) is 0.692. The van der Waals surface area contributed by atoms with E-state index in [0.717, 1.165) is 10.8 Å². The summed E-state index contributed by atoms with van der Waals surface area (Å²) in [5.41, 5.74) is 0.935. The van der Waals surface area contributed by atoms with Gasteiger partial charge in [0.15, 0.2) is 5.13 Å². The second kappa shape index (κ2) is 8.12. The third-order valence-electron chi connectivity index (χ3n) is 2.80. The van der Waals surface area contributed by atoms with E-state index >= 15 is 0 Å². The second-order valence-electron chi connectivity index (χ2n) is 4.34. The molecule has 0 aliphatic rings. The maximum Gasteiger partial charge on any atom is 0.306 e. The quantitative estimate of drug-likeness (QED) is 0.685. The topological polar surface area (TPSA) is 51.7 Å². The zero-order valence-electron chi connectivity index (χ0n) is 12.0. The highest BCUT2D eigenvalue weighted by Gasteiger charge is 2.14. The Labute approximate surface area is 118 Å². The highest BCUT2D eigenvalue weighted by Crippen LogP contribution is 2.22. The number of carbonyl (C=O) groups excluding carboxylic acids is 1. The zero-order valence-corrected chi connectivity index (χ0v) is 12.8. The second-order valence-corrected chi connectivity index (χ2v) is 5.18. The van der Waals surface area contributed by atoms with Crippen LogP contribution in [0.2, 0.25) is 0 Å². The van der Waals surface area contributed by atoms with Crippen molar-refractivity contribution < 1.29 is 14.3 Å². The maximum absolute atomic E-state index is 11.3. The number of methoxy groups -OCH3 is 1. The van der Waals surface area contributed by atoms with E-state index in [9.17, 15) is 4.79 Å². The van der Waals surface area contributed by atoms with Gasteiger partial charge in [-0.2, -0.15) is 0 Å². The summed E-state index contributed by atoms with van der Waals surface area (Å²) in [6.45, 7) is 4.99. The van der Waals surface area contributed by atoms with E-state index in [2.05, 4.69) is 16.8 Å². The van der Waals surface area contributed by atoms with Gasteiger partial charge in [0.2, 0.25) is 0 Å².